The summed E-state index contributed by atoms with van der Waals surface area (Å²) in [5, 5.41) is 15.5. The number of benzene rings is 2. The van der Waals surface area contributed by atoms with Crippen LogP contribution < -0.4 is 14.2 Å². The quantitative estimate of drug-likeness (QED) is 0.328. The summed E-state index contributed by atoms with van der Waals surface area (Å²) in [5.41, 5.74) is 2.16. The van der Waals surface area contributed by atoms with Crippen molar-refractivity contribution in [3.63, 3.8) is 0 Å². The van der Waals surface area contributed by atoms with Crippen molar-refractivity contribution >= 4 is 39.8 Å². The van der Waals surface area contributed by atoms with Gasteiger partial charge in [-0.25, -0.2) is 0 Å². The van der Waals surface area contributed by atoms with E-state index >= 15 is 0 Å². The lowest BCUT2D eigenvalue weighted by atomic mass is 9.99. The minimum atomic E-state index is -0.458. The van der Waals surface area contributed by atoms with Crippen LogP contribution >= 0.6 is 11.8 Å². The number of nitrogens with zero attached hydrogens (tertiary/aromatic N) is 3. The van der Waals surface area contributed by atoms with Gasteiger partial charge >= 0.3 is 0 Å². The van der Waals surface area contributed by atoms with Crippen LogP contribution in [0.25, 0.3) is 6.08 Å². The number of amides is 1. The standard InChI is InChI=1S/C27H30N4O4S/c1-5-17(3)19-8-10-20(11-9-19)34-13-14-35-22-12-7-18(16-23(22)33-4)15-21-25(28)31-27(29-26(21)32)36-24(6-2)30-31/h7-12,15-17,28H,5-6,13-14H2,1-4H3/b21-15+,28-25?/t17-/m0/s1. The Kier molecular flexibility index (Phi) is 8.10. The van der Waals surface area contributed by atoms with Crippen molar-refractivity contribution in [2.75, 3.05) is 20.3 Å². The predicted molar refractivity (Wildman–Crippen MR) is 144 cm³/mol. The molecule has 0 spiro atoms. The van der Waals surface area contributed by atoms with Crippen molar-refractivity contribution in [3.05, 3.63) is 59.2 Å². The Labute approximate surface area is 215 Å². The van der Waals surface area contributed by atoms with E-state index in [0.717, 1.165) is 23.6 Å². The van der Waals surface area contributed by atoms with Crippen molar-refractivity contribution in [1.29, 1.82) is 5.41 Å². The van der Waals surface area contributed by atoms with Gasteiger partial charge in [0.1, 0.15) is 24.0 Å². The summed E-state index contributed by atoms with van der Waals surface area (Å²) in [6, 6.07) is 13.5. The molecule has 9 heteroatoms. The van der Waals surface area contributed by atoms with Crippen LogP contribution in [-0.4, -0.2) is 47.3 Å². The molecule has 36 heavy (non-hydrogen) atoms. The van der Waals surface area contributed by atoms with Crippen LogP contribution in [0.15, 0.2) is 58.1 Å². The lowest BCUT2D eigenvalue weighted by Crippen LogP contribution is -2.35. The molecule has 2 aromatic carbocycles. The summed E-state index contributed by atoms with van der Waals surface area (Å²) in [5.74, 6) is 1.96. The van der Waals surface area contributed by atoms with Gasteiger partial charge in [0, 0.05) is 0 Å². The second-order valence-electron chi connectivity index (χ2n) is 8.35. The second-order valence-corrected chi connectivity index (χ2v) is 9.39. The van der Waals surface area contributed by atoms with Gasteiger partial charge in [0.05, 0.1) is 12.7 Å². The number of nitrogens with one attached hydrogen (secondary N) is 1. The molecule has 0 radical (unpaired) electrons. The number of carbonyl (C=O) groups is 1. The molecule has 188 valence electrons. The SMILES string of the molecule is CCC1=NN2C(=N)/C(=C\c3ccc(OCCOc4ccc([C@@H](C)CC)cc4)c(OC)c3)C(=O)N=C2S1. The molecule has 8 nitrogen and oxygen atoms in total. The highest BCUT2D eigenvalue weighted by Crippen LogP contribution is 2.32. The lowest BCUT2D eigenvalue weighted by molar-refractivity contribution is -0.114. The summed E-state index contributed by atoms with van der Waals surface area (Å²) in [6.45, 7) is 7.09. The lowest BCUT2D eigenvalue weighted by Gasteiger charge is -2.20. The van der Waals surface area contributed by atoms with Crippen LogP contribution in [0.2, 0.25) is 0 Å². The Balaban J connectivity index is 1.38. The molecule has 0 saturated heterocycles. The van der Waals surface area contributed by atoms with Gasteiger partial charge in [0.25, 0.3) is 5.91 Å². The number of aliphatic imine (C=N–C) groups is 1. The van der Waals surface area contributed by atoms with Crippen molar-refractivity contribution in [1.82, 2.24) is 5.01 Å². The molecule has 2 heterocycles. The number of ether oxygens (including phenoxy) is 3. The summed E-state index contributed by atoms with van der Waals surface area (Å²) in [4.78, 5) is 16.7. The molecule has 1 N–H and O–H groups in total. The first-order valence-corrected chi connectivity index (χ1v) is 12.8. The van der Waals surface area contributed by atoms with Gasteiger partial charge in [-0.15, -0.1) is 0 Å². The van der Waals surface area contributed by atoms with Gasteiger partial charge in [-0.3, -0.25) is 10.2 Å². The van der Waals surface area contributed by atoms with E-state index in [2.05, 4.69) is 36.1 Å². The summed E-state index contributed by atoms with van der Waals surface area (Å²) in [6.07, 6.45) is 3.44. The second kappa shape index (κ2) is 11.4. The zero-order chi connectivity index (χ0) is 25.7. The molecule has 0 bridgehead atoms. The van der Waals surface area contributed by atoms with E-state index in [1.807, 2.05) is 19.1 Å². The van der Waals surface area contributed by atoms with Crippen LogP contribution in [-0.2, 0) is 4.79 Å². The third-order valence-electron chi connectivity index (χ3n) is 5.97. The molecule has 0 aliphatic carbocycles. The van der Waals surface area contributed by atoms with E-state index in [9.17, 15) is 4.79 Å². The highest BCUT2D eigenvalue weighted by Gasteiger charge is 2.35. The fourth-order valence-corrected chi connectivity index (χ4v) is 4.50. The predicted octanol–water partition coefficient (Wildman–Crippen LogP) is 5.70. The number of thioether (sulfide) groups is 1. The fraction of sp³-hybridized carbons (Fsp3) is 0.333. The van der Waals surface area contributed by atoms with Gasteiger partial charge < -0.3 is 14.2 Å². The summed E-state index contributed by atoms with van der Waals surface area (Å²) < 4.78 is 17.2. The highest BCUT2D eigenvalue weighted by molar-refractivity contribution is 8.26. The number of rotatable bonds is 10. The Morgan fingerprint density at radius 1 is 1.08 bits per heavy atom. The number of hydrogen-bond acceptors (Lipinski definition) is 7. The zero-order valence-electron chi connectivity index (χ0n) is 20.9. The molecule has 0 saturated carbocycles. The number of hydrazone groups is 1. The van der Waals surface area contributed by atoms with Crippen LogP contribution in [0.4, 0.5) is 0 Å². The van der Waals surface area contributed by atoms with E-state index in [-0.39, 0.29) is 11.4 Å². The molecule has 0 unspecified atom stereocenters. The first-order chi connectivity index (χ1) is 17.4. The minimum Gasteiger partial charge on any atom is -0.493 e. The van der Waals surface area contributed by atoms with Crippen molar-refractivity contribution in [3.8, 4) is 17.2 Å². The maximum absolute atomic E-state index is 12.6. The average molecular weight is 507 g/mol. The number of carbonyl (C=O) groups excluding carboxylic acids is 1. The van der Waals surface area contributed by atoms with Gasteiger partial charge in [-0.2, -0.15) is 15.1 Å². The molecule has 2 aliphatic rings. The molecule has 0 fully saturated rings. The van der Waals surface area contributed by atoms with E-state index in [1.54, 1.807) is 31.4 Å². The largest absolute Gasteiger partial charge is 0.493 e. The third-order valence-corrected chi connectivity index (χ3v) is 7.02. The first kappa shape index (κ1) is 25.5. The maximum atomic E-state index is 12.6. The monoisotopic (exact) mass is 506 g/mol. The van der Waals surface area contributed by atoms with Gasteiger partial charge in [0.15, 0.2) is 17.3 Å². The van der Waals surface area contributed by atoms with E-state index in [4.69, 9.17) is 19.6 Å². The first-order valence-electron chi connectivity index (χ1n) is 12.0. The smallest absolute Gasteiger partial charge is 0.283 e. The Morgan fingerprint density at radius 3 is 2.53 bits per heavy atom. The zero-order valence-corrected chi connectivity index (χ0v) is 21.7. The normalized spacial score (nSPS) is 17.0. The number of amidine groups is 2. The number of fused-ring (bicyclic) bond motifs is 1. The van der Waals surface area contributed by atoms with E-state index in [0.29, 0.717) is 41.4 Å². The molecule has 4 rings (SSSR count). The van der Waals surface area contributed by atoms with Gasteiger partial charge in [-0.05, 0) is 72.0 Å². The topological polar surface area (TPSA) is 96.6 Å². The minimum absolute atomic E-state index is 0.00887. The molecule has 1 atom stereocenters. The molecule has 2 aromatic rings. The third kappa shape index (κ3) is 5.62. The van der Waals surface area contributed by atoms with Crippen molar-refractivity contribution in [2.45, 2.75) is 39.5 Å². The molecule has 2 aliphatic heterocycles. The Hall–Kier alpha value is -3.59. The van der Waals surface area contributed by atoms with Crippen LogP contribution in [0.1, 0.15) is 50.7 Å². The van der Waals surface area contributed by atoms with Crippen molar-refractivity contribution < 1.29 is 19.0 Å². The molecule has 0 aromatic heterocycles. The summed E-state index contributed by atoms with van der Waals surface area (Å²) >= 11 is 1.32. The molecular formula is C27H30N4O4S. The van der Waals surface area contributed by atoms with Crippen LogP contribution in [0.3, 0.4) is 0 Å². The highest BCUT2D eigenvalue weighted by atomic mass is 32.2. The Morgan fingerprint density at radius 2 is 1.83 bits per heavy atom. The summed E-state index contributed by atoms with van der Waals surface area (Å²) in [7, 11) is 1.56. The number of methoxy groups -OCH3 is 1. The van der Waals surface area contributed by atoms with Crippen LogP contribution in [0.5, 0.6) is 17.2 Å². The van der Waals surface area contributed by atoms with Crippen LogP contribution in [0, 0.1) is 5.41 Å². The Bertz CT molecular complexity index is 1240. The van der Waals surface area contributed by atoms with Crippen molar-refractivity contribution in [2.24, 2.45) is 10.1 Å². The van der Waals surface area contributed by atoms with E-state index in [1.165, 1.54) is 22.3 Å². The average Bonchev–Trinajstić information content (AvgIpc) is 3.32. The maximum Gasteiger partial charge on any atom is 0.283 e. The molecule has 1 amide bonds. The molecular weight excluding hydrogens is 476 g/mol. The van der Waals surface area contributed by atoms with E-state index < -0.39 is 5.91 Å². The number of hydrogen-bond donors (Lipinski definition) is 1. The van der Waals surface area contributed by atoms with Gasteiger partial charge in [-0.1, -0.05) is 39.0 Å². The fourth-order valence-electron chi connectivity index (χ4n) is 3.67. The van der Waals surface area contributed by atoms with Gasteiger partial charge in [0.2, 0.25) is 5.17 Å².